The van der Waals surface area contributed by atoms with Gasteiger partial charge < -0.3 is 0 Å². The Morgan fingerprint density at radius 3 is 2.68 bits per heavy atom. The largest absolute Gasteiger partial charge is 0.294 e. The molecule has 130 valence electrons. The van der Waals surface area contributed by atoms with Crippen LogP contribution in [0.5, 0.6) is 0 Å². The summed E-state index contributed by atoms with van der Waals surface area (Å²) in [7, 11) is 0. The Morgan fingerprint density at radius 1 is 1.08 bits per heavy atom. The third-order valence-electron chi connectivity index (χ3n) is 4.84. The molecule has 6 heteroatoms. The summed E-state index contributed by atoms with van der Waals surface area (Å²) < 4.78 is 0. The minimum atomic E-state index is 0.722. The molecule has 2 aliphatic rings. The highest BCUT2D eigenvalue weighted by Gasteiger charge is 2.21. The van der Waals surface area contributed by atoms with E-state index in [9.17, 15) is 0 Å². The van der Waals surface area contributed by atoms with Crippen LogP contribution in [0.25, 0.3) is 0 Å². The average Bonchev–Trinajstić information content (AvgIpc) is 2.65. The molecule has 0 bridgehead atoms. The monoisotopic (exact) mass is 374 g/mol. The quantitative estimate of drug-likeness (QED) is 0.803. The summed E-state index contributed by atoms with van der Waals surface area (Å²) in [4.78, 5) is 16.3. The molecule has 0 unspecified atom stereocenters. The van der Waals surface area contributed by atoms with E-state index >= 15 is 0 Å². The van der Waals surface area contributed by atoms with Gasteiger partial charge in [-0.15, -0.1) is 0 Å². The van der Waals surface area contributed by atoms with Crippen molar-refractivity contribution in [1.82, 2.24) is 14.9 Å². The lowest BCUT2D eigenvalue weighted by Gasteiger charge is -2.28. The number of fused-ring (bicyclic) bond motifs is 1. The number of hydrogen-bond acceptors (Lipinski definition) is 4. The average molecular weight is 375 g/mol. The smallest absolute Gasteiger partial charge is 0.173 e. The molecule has 1 aromatic carbocycles. The maximum absolute atomic E-state index is 6.31. The van der Waals surface area contributed by atoms with Crippen LogP contribution in [-0.2, 0) is 19.5 Å². The molecular weight excluding hydrogens is 355 g/mol. The number of halogens is 2. The fraction of sp³-hybridized carbons (Fsp3) is 0.421. The SMILES string of the molecule is Clc1cccc(Cl)c1CN1CCc2nc(C3=NCCCC3)ncc2C1. The highest BCUT2D eigenvalue weighted by atomic mass is 35.5. The van der Waals surface area contributed by atoms with E-state index in [2.05, 4.69) is 14.9 Å². The minimum Gasteiger partial charge on any atom is -0.294 e. The van der Waals surface area contributed by atoms with Gasteiger partial charge in [0.1, 0.15) is 0 Å². The molecule has 25 heavy (non-hydrogen) atoms. The summed E-state index contributed by atoms with van der Waals surface area (Å²) >= 11 is 12.6. The maximum Gasteiger partial charge on any atom is 0.173 e. The second-order valence-corrected chi connectivity index (χ2v) is 7.43. The molecule has 0 aliphatic carbocycles. The normalized spacial score (nSPS) is 17.9. The van der Waals surface area contributed by atoms with Crippen molar-refractivity contribution in [3.63, 3.8) is 0 Å². The van der Waals surface area contributed by atoms with Gasteiger partial charge in [-0.2, -0.15) is 0 Å². The second kappa shape index (κ2) is 7.40. The number of hydrogen-bond donors (Lipinski definition) is 0. The summed E-state index contributed by atoms with van der Waals surface area (Å²) in [5.74, 6) is 0.820. The van der Waals surface area contributed by atoms with E-state index in [4.69, 9.17) is 28.2 Å². The molecule has 0 N–H and O–H groups in total. The molecule has 3 heterocycles. The molecule has 4 rings (SSSR count). The van der Waals surface area contributed by atoms with Crippen LogP contribution in [0.2, 0.25) is 10.0 Å². The number of benzene rings is 1. The summed E-state index contributed by atoms with van der Waals surface area (Å²) in [6.07, 6.45) is 6.24. The van der Waals surface area contributed by atoms with Crippen molar-refractivity contribution in [2.45, 2.75) is 38.8 Å². The second-order valence-electron chi connectivity index (χ2n) is 6.61. The van der Waals surface area contributed by atoms with E-state index in [0.717, 1.165) is 71.9 Å². The Morgan fingerprint density at radius 2 is 1.92 bits per heavy atom. The fourth-order valence-electron chi connectivity index (χ4n) is 3.44. The van der Waals surface area contributed by atoms with Crippen molar-refractivity contribution >= 4 is 28.9 Å². The topological polar surface area (TPSA) is 41.4 Å². The molecular formula is C19H20Cl2N4. The van der Waals surface area contributed by atoms with Crippen LogP contribution in [-0.4, -0.2) is 33.7 Å². The minimum absolute atomic E-state index is 0.722. The van der Waals surface area contributed by atoms with Crippen molar-refractivity contribution in [2.24, 2.45) is 4.99 Å². The van der Waals surface area contributed by atoms with Crippen molar-refractivity contribution in [3.8, 4) is 0 Å². The van der Waals surface area contributed by atoms with Crippen LogP contribution in [0.4, 0.5) is 0 Å². The van der Waals surface area contributed by atoms with E-state index in [1.165, 1.54) is 18.4 Å². The van der Waals surface area contributed by atoms with Gasteiger partial charge in [-0.1, -0.05) is 29.3 Å². The Labute approximate surface area is 157 Å². The lowest BCUT2D eigenvalue weighted by atomic mass is 10.0. The highest BCUT2D eigenvalue weighted by Crippen LogP contribution is 2.28. The summed E-state index contributed by atoms with van der Waals surface area (Å²) in [6.45, 7) is 3.41. The van der Waals surface area contributed by atoms with Crippen LogP contribution in [0.15, 0.2) is 29.4 Å². The molecule has 0 radical (unpaired) electrons. The number of nitrogens with zero attached hydrogens (tertiary/aromatic N) is 4. The molecule has 0 fully saturated rings. The lowest BCUT2D eigenvalue weighted by molar-refractivity contribution is 0.243. The molecule has 2 aliphatic heterocycles. The zero-order chi connectivity index (χ0) is 17.2. The summed E-state index contributed by atoms with van der Waals surface area (Å²) in [5, 5.41) is 1.44. The molecule has 1 aromatic heterocycles. The fourth-order valence-corrected chi connectivity index (χ4v) is 3.95. The molecule has 4 nitrogen and oxygen atoms in total. The van der Waals surface area contributed by atoms with Gasteiger partial charge in [0.15, 0.2) is 5.82 Å². The number of aliphatic imine (C=N–C) groups is 1. The van der Waals surface area contributed by atoms with Crippen LogP contribution in [0, 0.1) is 0 Å². The Hall–Kier alpha value is -1.49. The van der Waals surface area contributed by atoms with E-state index in [1.54, 1.807) is 0 Å². The standard InChI is InChI=1S/C19H20Cl2N4/c20-15-4-3-5-16(21)14(15)12-25-9-7-17-13(11-25)10-23-19(24-17)18-6-1-2-8-22-18/h3-5,10H,1-2,6-9,11-12H2. The Bertz CT molecular complexity index is 799. The van der Waals surface area contributed by atoms with Gasteiger partial charge >= 0.3 is 0 Å². The maximum atomic E-state index is 6.31. The predicted molar refractivity (Wildman–Crippen MR) is 102 cm³/mol. The Kier molecular flexibility index (Phi) is 5.02. The van der Waals surface area contributed by atoms with Crippen molar-refractivity contribution in [2.75, 3.05) is 13.1 Å². The van der Waals surface area contributed by atoms with Crippen LogP contribution < -0.4 is 0 Å². The first-order valence-electron chi connectivity index (χ1n) is 8.74. The number of aromatic nitrogens is 2. The molecule has 0 atom stereocenters. The van der Waals surface area contributed by atoms with Crippen LogP contribution >= 0.6 is 23.2 Å². The van der Waals surface area contributed by atoms with E-state index in [-0.39, 0.29) is 0 Å². The molecule has 2 aromatic rings. The molecule has 0 saturated carbocycles. The van der Waals surface area contributed by atoms with Crippen molar-refractivity contribution < 1.29 is 0 Å². The van der Waals surface area contributed by atoms with Gasteiger partial charge in [-0.25, -0.2) is 9.97 Å². The van der Waals surface area contributed by atoms with Crippen LogP contribution in [0.1, 0.15) is 41.9 Å². The molecule has 0 saturated heterocycles. The first-order valence-corrected chi connectivity index (χ1v) is 9.50. The first kappa shape index (κ1) is 17.0. The van der Waals surface area contributed by atoms with Gasteiger partial charge in [0.2, 0.25) is 0 Å². The van der Waals surface area contributed by atoms with Crippen molar-refractivity contribution in [1.29, 1.82) is 0 Å². The molecule has 0 amide bonds. The van der Waals surface area contributed by atoms with Crippen LogP contribution in [0.3, 0.4) is 0 Å². The van der Waals surface area contributed by atoms with Crippen molar-refractivity contribution in [3.05, 3.63) is 57.1 Å². The lowest BCUT2D eigenvalue weighted by Crippen LogP contribution is -2.31. The van der Waals surface area contributed by atoms with E-state index in [1.807, 2.05) is 24.4 Å². The van der Waals surface area contributed by atoms with E-state index < -0.39 is 0 Å². The Balaban J connectivity index is 1.51. The number of rotatable bonds is 3. The predicted octanol–water partition coefficient (Wildman–Crippen LogP) is 4.31. The van der Waals surface area contributed by atoms with Gasteiger partial charge in [0.25, 0.3) is 0 Å². The van der Waals surface area contributed by atoms with Gasteiger partial charge in [0.05, 0.1) is 11.4 Å². The first-order chi connectivity index (χ1) is 12.2. The van der Waals surface area contributed by atoms with Gasteiger partial charge in [0, 0.05) is 60.0 Å². The highest BCUT2D eigenvalue weighted by molar-refractivity contribution is 6.35. The zero-order valence-corrected chi connectivity index (χ0v) is 15.5. The zero-order valence-electron chi connectivity index (χ0n) is 14.0. The third kappa shape index (κ3) is 3.71. The summed E-state index contributed by atoms with van der Waals surface area (Å²) in [5.41, 5.74) is 4.40. The van der Waals surface area contributed by atoms with E-state index in [0.29, 0.717) is 0 Å². The van der Waals surface area contributed by atoms with Gasteiger partial charge in [-0.05, 0) is 31.4 Å². The third-order valence-corrected chi connectivity index (χ3v) is 5.55. The summed E-state index contributed by atoms with van der Waals surface area (Å²) in [6, 6.07) is 5.66. The van der Waals surface area contributed by atoms with Gasteiger partial charge in [-0.3, -0.25) is 9.89 Å². The molecule has 0 spiro atoms.